The van der Waals surface area contributed by atoms with Crippen LogP contribution in [0.2, 0.25) is 0 Å². The SMILES string of the molecule is CC(=O)c1cccc(S(=O)(=O)NC(c2ccc(F)cc2)c2cccs2)c1. The number of benzene rings is 2. The van der Waals surface area contributed by atoms with Gasteiger partial charge >= 0.3 is 0 Å². The number of nitrogens with one attached hydrogen (secondary N) is 1. The molecule has 0 aliphatic carbocycles. The normalized spacial score (nSPS) is 12.7. The predicted octanol–water partition coefficient (Wildman–Crippen LogP) is 4.16. The van der Waals surface area contributed by atoms with Crippen LogP contribution in [0.5, 0.6) is 0 Å². The van der Waals surface area contributed by atoms with Gasteiger partial charge in [-0.05, 0) is 48.2 Å². The van der Waals surface area contributed by atoms with Gasteiger partial charge in [0.25, 0.3) is 0 Å². The molecule has 0 saturated heterocycles. The van der Waals surface area contributed by atoms with E-state index in [1.165, 1.54) is 48.6 Å². The molecule has 1 atom stereocenters. The fourth-order valence-electron chi connectivity index (χ4n) is 2.51. The fourth-order valence-corrected chi connectivity index (χ4v) is 4.63. The van der Waals surface area contributed by atoms with Crippen LogP contribution in [0.3, 0.4) is 0 Å². The highest BCUT2D eigenvalue weighted by Gasteiger charge is 2.24. The minimum absolute atomic E-state index is 0.00821. The zero-order chi connectivity index (χ0) is 18.7. The van der Waals surface area contributed by atoms with Crippen molar-refractivity contribution in [1.29, 1.82) is 0 Å². The van der Waals surface area contributed by atoms with E-state index >= 15 is 0 Å². The number of carbonyl (C=O) groups excluding carboxylic acids is 1. The quantitative estimate of drug-likeness (QED) is 0.644. The van der Waals surface area contributed by atoms with Crippen LogP contribution in [-0.2, 0) is 10.0 Å². The third-order valence-electron chi connectivity index (χ3n) is 3.85. The van der Waals surface area contributed by atoms with Gasteiger partial charge in [-0.15, -0.1) is 11.3 Å². The Hall–Kier alpha value is -2.35. The lowest BCUT2D eigenvalue weighted by Gasteiger charge is -2.18. The summed E-state index contributed by atoms with van der Waals surface area (Å²) in [6, 6.07) is 14.5. The van der Waals surface area contributed by atoms with Crippen LogP contribution in [0.25, 0.3) is 0 Å². The van der Waals surface area contributed by atoms with Gasteiger partial charge in [0, 0.05) is 10.4 Å². The van der Waals surface area contributed by atoms with Crippen LogP contribution < -0.4 is 4.72 Å². The number of ketones is 1. The summed E-state index contributed by atoms with van der Waals surface area (Å²) in [5.41, 5.74) is 0.947. The maximum absolute atomic E-state index is 13.2. The third kappa shape index (κ3) is 4.07. The van der Waals surface area contributed by atoms with Crippen molar-refractivity contribution < 1.29 is 17.6 Å². The molecule has 1 heterocycles. The lowest BCUT2D eigenvalue weighted by Crippen LogP contribution is -2.29. The summed E-state index contributed by atoms with van der Waals surface area (Å²) >= 11 is 1.40. The predicted molar refractivity (Wildman–Crippen MR) is 99.3 cm³/mol. The zero-order valence-corrected chi connectivity index (χ0v) is 15.5. The molecule has 1 aromatic heterocycles. The van der Waals surface area contributed by atoms with E-state index in [4.69, 9.17) is 0 Å². The second-order valence-corrected chi connectivity index (χ2v) is 8.40. The fraction of sp³-hybridized carbons (Fsp3) is 0.105. The number of rotatable bonds is 6. The molecular formula is C19H16FNO3S2. The van der Waals surface area contributed by atoms with Crippen molar-refractivity contribution in [2.45, 2.75) is 17.9 Å². The lowest BCUT2D eigenvalue weighted by atomic mass is 10.1. The monoisotopic (exact) mass is 389 g/mol. The van der Waals surface area contributed by atoms with Gasteiger partial charge in [0.15, 0.2) is 5.78 Å². The maximum Gasteiger partial charge on any atom is 0.241 e. The van der Waals surface area contributed by atoms with Crippen molar-refractivity contribution in [3.8, 4) is 0 Å². The van der Waals surface area contributed by atoms with Gasteiger partial charge in [0.1, 0.15) is 5.82 Å². The lowest BCUT2D eigenvalue weighted by molar-refractivity contribution is 0.101. The number of sulfonamides is 1. The number of hydrogen-bond donors (Lipinski definition) is 1. The molecule has 3 rings (SSSR count). The summed E-state index contributed by atoms with van der Waals surface area (Å²) < 4.78 is 41.6. The highest BCUT2D eigenvalue weighted by Crippen LogP contribution is 2.28. The van der Waals surface area contributed by atoms with Crippen molar-refractivity contribution in [3.63, 3.8) is 0 Å². The average molecular weight is 389 g/mol. The molecule has 0 saturated carbocycles. The third-order valence-corrected chi connectivity index (χ3v) is 6.21. The molecule has 2 aromatic carbocycles. The Morgan fingerprint density at radius 1 is 1.08 bits per heavy atom. The Morgan fingerprint density at radius 3 is 2.42 bits per heavy atom. The summed E-state index contributed by atoms with van der Waals surface area (Å²) in [5, 5.41) is 1.84. The summed E-state index contributed by atoms with van der Waals surface area (Å²) in [4.78, 5) is 12.3. The van der Waals surface area contributed by atoms with E-state index in [-0.39, 0.29) is 10.7 Å². The van der Waals surface area contributed by atoms with Gasteiger partial charge < -0.3 is 0 Å². The molecule has 0 fully saturated rings. The zero-order valence-electron chi connectivity index (χ0n) is 13.8. The van der Waals surface area contributed by atoms with E-state index in [0.29, 0.717) is 11.1 Å². The van der Waals surface area contributed by atoms with Crippen molar-refractivity contribution in [1.82, 2.24) is 4.72 Å². The van der Waals surface area contributed by atoms with Gasteiger partial charge in [0.05, 0.1) is 10.9 Å². The van der Waals surface area contributed by atoms with E-state index < -0.39 is 21.9 Å². The first-order valence-electron chi connectivity index (χ1n) is 7.79. The molecule has 3 aromatic rings. The summed E-state index contributed by atoms with van der Waals surface area (Å²) in [6.45, 7) is 1.38. The second-order valence-electron chi connectivity index (χ2n) is 5.71. The number of carbonyl (C=O) groups is 1. The smallest absolute Gasteiger partial charge is 0.241 e. The summed E-state index contributed by atoms with van der Waals surface area (Å²) in [5.74, 6) is -0.605. The van der Waals surface area contributed by atoms with Crippen LogP contribution in [0.1, 0.15) is 33.8 Å². The average Bonchev–Trinajstić information content (AvgIpc) is 3.15. The minimum atomic E-state index is -3.89. The summed E-state index contributed by atoms with van der Waals surface area (Å²) in [6.07, 6.45) is 0. The van der Waals surface area contributed by atoms with Gasteiger partial charge in [-0.3, -0.25) is 4.79 Å². The standard InChI is InChI=1S/C19H16FNO3S2/c1-13(22)15-4-2-5-17(12-15)26(23,24)21-19(18-6-3-11-25-18)14-7-9-16(20)10-8-14/h2-12,19,21H,1H3. The van der Waals surface area contributed by atoms with Crippen molar-refractivity contribution in [2.24, 2.45) is 0 Å². The molecule has 0 radical (unpaired) electrons. The number of hydrogen-bond acceptors (Lipinski definition) is 4. The molecule has 7 heteroatoms. The Labute approximate surface area is 155 Å². The van der Waals surface area contributed by atoms with Crippen molar-refractivity contribution in [2.75, 3.05) is 0 Å². The molecule has 0 spiro atoms. The van der Waals surface area contributed by atoms with Gasteiger partial charge in [-0.1, -0.05) is 30.3 Å². The Kier molecular flexibility index (Phi) is 5.31. The molecule has 0 aliphatic rings. The number of thiophene rings is 1. The summed E-state index contributed by atoms with van der Waals surface area (Å²) in [7, 11) is -3.89. The van der Waals surface area contributed by atoms with Crippen LogP contribution >= 0.6 is 11.3 Å². The van der Waals surface area contributed by atoms with Crippen molar-refractivity contribution >= 4 is 27.1 Å². The molecule has 4 nitrogen and oxygen atoms in total. The molecule has 134 valence electrons. The molecule has 1 unspecified atom stereocenters. The van der Waals surface area contributed by atoms with E-state index in [1.54, 1.807) is 18.2 Å². The first-order chi connectivity index (χ1) is 12.4. The van der Waals surface area contributed by atoms with E-state index in [1.807, 2.05) is 17.5 Å². The number of halogens is 1. The second kappa shape index (κ2) is 7.49. The first-order valence-corrected chi connectivity index (χ1v) is 10.2. The first kappa shape index (κ1) is 18.4. The van der Waals surface area contributed by atoms with Gasteiger partial charge in [-0.2, -0.15) is 4.72 Å². The van der Waals surface area contributed by atoms with Gasteiger partial charge in [0.2, 0.25) is 10.0 Å². The molecule has 0 aliphatic heterocycles. The van der Waals surface area contributed by atoms with Gasteiger partial charge in [-0.25, -0.2) is 12.8 Å². The molecule has 1 N–H and O–H groups in total. The Morgan fingerprint density at radius 2 is 1.81 bits per heavy atom. The van der Waals surface area contributed by atoms with E-state index in [9.17, 15) is 17.6 Å². The molecule has 26 heavy (non-hydrogen) atoms. The van der Waals surface area contributed by atoms with E-state index in [0.717, 1.165) is 4.88 Å². The van der Waals surface area contributed by atoms with Crippen LogP contribution in [0.15, 0.2) is 70.9 Å². The highest BCUT2D eigenvalue weighted by atomic mass is 32.2. The van der Waals surface area contributed by atoms with E-state index in [2.05, 4.69) is 4.72 Å². The maximum atomic E-state index is 13.2. The van der Waals surface area contributed by atoms with Crippen LogP contribution in [0, 0.1) is 5.82 Å². The molecule has 0 amide bonds. The topological polar surface area (TPSA) is 63.2 Å². The Balaban J connectivity index is 1.99. The van der Waals surface area contributed by atoms with Crippen LogP contribution in [-0.4, -0.2) is 14.2 Å². The van der Waals surface area contributed by atoms with Crippen LogP contribution in [0.4, 0.5) is 4.39 Å². The largest absolute Gasteiger partial charge is 0.295 e. The minimum Gasteiger partial charge on any atom is -0.295 e. The molecule has 0 bridgehead atoms. The highest BCUT2D eigenvalue weighted by molar-refractivity contribution is 7.89. The number of Topliss-reactive ketones (excluding diaryl/α,β-unsaturated/α-hetero) is 1. The Bertz CT molecular complexity index is 1010. The van der Waals surface area contributed by atoms with Crippen molar-refractivity contribution in [3.05, 3.63) is 87.9 Å². The molecular weight excluding hydrogens is 373 g/mol.